The number of hydrogen-bond acceptors (Lipinski definition) is 3. The van der Waals surface area contributed by atoms with E-state index < -0.39 is 5.41 Å². The smallest absolute Gasteiger partial charge is 0.143 e. The monoisotopic (exact) mass is 833 g/mol. The summed E-state index contributed by atoms with van der Waals surface area (Å²) in [6.07, 6.45) is 8.14. The average Bonchev–Trinajstić information content (AvgIpc) is 4.05. The van der Waals surface area contributed by atoms with Gasteiger partial charge in [0.1, 0.15) is 22.3 Å². The summed E-state index contributed by atoms with van der Waals surface area (Å²) >= 11 is 0. The van der Waals surface area contributed by atoms with Gasteiger partial charge in [0.15, 0.2) is 0 Å². The Morgan fingerprint density at radius 1 is 0.415 bits per heavy atom. The van der Waals surface area contributed by atoms with E-state index in [0.717, 1.165) is 89.6 Å². The molecule has 3 nitrogen and oxygen atoms in total. The van der Waals surface area contributed by atoms with Crippen LogP contribution in [-0.2, 0) is 5.41 Å². The maximum atomic E-state index is 6.48. The molecule has 308 valence electrons. The summed E-state index contributed by atoms with van der Waals surface area (Å²) < 4.78 is 13.0. The first kappa shape index (κ1) is 37.4. The molecule has 0 N–H and O–H groups in total. The molecular weight excluding hydrogens is 791 g/mol. The second-order valence-corrected chi connectivity index (χ2v) is 17.8. The van der Waals surface area contributed by atoms with Crippen LogP contribution in [0.4, 0.5) is 11.4 Å². The fourth-order valence-corrected chi connectivity index (χ4v) is 11.3. The summed E-state index contributed by atoms with van der Waals surface area (Å²) in [5.74, 6) is 0. The normalized spacial score (nSPS) is 16.2. The number of nitrogens with zero attached hydrogens (tertiary/aromatic N) is 1. The van der Waals surface area contributed by atoms with Crippen molar-refractivity contribution in [1.29, 1.82) is 0 Å². The molecule has 11 aromatic rings. The highest BCUT2D eigenvalue weighted by atomic mass is 16.3. The summed E-state index contributed by atoms with van der Waals surface area (Å²) in [5, 5.41) is 4.52. The number of anilines is 2. The Morgan fingerprint density at radius 3 is 1.37 bits per heavy atom. The molecule has 0 aliphatic heterocycles. The lowest BCUT2D eigenvalue weighted by Gasteiger charge is -2.48. The van der Waals surface area contributed by atoms with Crippen molar-refractivity contribution in [2.75, 3.05) is 4.90 Å². The van der Waals surface area contributed by atoms with E-state index in [1.807, 2.05) is 24.3 Å². The van der Waals surface area contributed by atoms with Gasteiger partial charge in [-0.25, -0.2) is 0 Å². The van der Waals surface area contributed by atoms with Gasteiger partial charge in [0.05, 0.1) is 5.41 Å². The molecule has 1 atom stereocenters. The van der Waals surface area contributed by atoms with Gasteiger partial charge in [-0.1, -0.05) is 195 Å². The number of allylic oxidation sites excluding steroid dienone is 3. The van der Waals surface area contributed by atoms with Crippen LogP contribution in [0.3, 0.4) is 0 Å². The van der Waals surface area contributed by atoms with E-state index in [9.17, 15) is 0 Å². The van der Waals surface area contributed by atoms with Crippen LogP contribution in [0.25, 0.3) is 77.3 Å². The highest BCUT2D eigenvalue weighted by Gasteiger charge is 2.55. The third-order valence-corrected chi connectivity index (χ3v) is 14.3. The van der Waals surface area contributed by atoms with Crippen LogP contribution >= 0.6 is 0 Å². The molecule has 0 fully saturated rings. The van der Waals surface area contributed by atoms with Gasteiger partial charge in [0, 0.05) is 55.2 Å². The van der Waals surface area contributed by atoms with Gasteiger partial charge >= 0.3 is 0 Å². The van der Waals surface area contributed by atoms with Crippen molar-refractivity contribution < 1.29 is 8.83 Å². The number of furan rings is 2. The zero-order chi connectivity index (χ0) is 43.1. The van der Waals surface area contributed by atoms with Crippen LogP contribution in [0.5, 0.6) is 0 Å². The van der Waals surface area contributed by atoms with Crippen molar-refractivity contribution in [1.82, 2.24) is 0 Å². The van der Waals surface area contributed by atoms with Crippen molar-refractivity contribution >= 4 is 55.3 Å². The maximum absolute atomic E-state index is 6.48. The number of benzene rings is 9. The summed E-state index contributed by atoms with van der Waals surface area (Å²) in [7, 11) is 0. The lowest BCUT2D eigenvalue weighted by molar-refractivity contribution is 0.292. The standard InChI is InChI=1S/C62H43NO2/c1-61(62(43-15-3-2-4-16-43)55-25-9-5-17-49(55)50-18-6-10-26-56(50)62)39-37-46(38-40-61)63(44-33-29-41(30-34-44)47-21-13-23-53-51-19-7-11-27-57(51)64-59(47)53)45-35-31-42(32-36-45)48-22-14-24-54-52-20-8-12-28-58(52)65-60(48)54/h2-39H,40H2,1H3. The molecule has 0 amide bonds. The molecule has 0 radical (unpaired) electrons. The Labute approximate surface area is 377 Å². The van der Waals surface area contributed by atoms with E-state index in [1.165, 1.54) is 27.8 Å². The van der Waals surface area contributed by atoms with E-state index in [-0.39, 0.29) is 5.41 Å². The third-order valence-electron chi connectivity index (χ3n) is 14.3. The Hall–Kier alpha value is -8.14. The minimum atomic E-state index is -0.399. The van der Waals surface area contributed by atoms with Crippen LogP contribution in [0.1, 0.15) is 30.0 Å². The molecule has 2 aliphatic rings. The fraction of sp³-hybridized carbons (Fsp3) is 0.0645. The van der Waals surface area contributed by atoms with Gasteiger partial charge in [0.2, 0.25) is 0 Å². The minimum Gasteiger partial charge on any atom is -0.455 e. The zero-order valence-corrected chi connectivity index (χ0v) is 35.9. The SMILES string of the molecule is CC1(C2(c3ccccc3)c3ccccc3-c3ccccc32)C=CC(N(c2ccc(-c3cccc4c3oc3ccccc34)cc2)c2ccc(-c3cccc4c3oc3ccccc34)cc2)=CC1. The summed E-state index contributed by atoms with van der Waals surface area (Å²) in [6.45, 7) is 2.45. The zero-order valence-electron chi connectivity index (χ0n) is 35.9. The van der Waals surface area contributed by atoms with Crippen molar-refractivity contribution in [3.63, 3.8) is 0 Å². The van der Waals surface area contributed by atoms with Gasteiger partial charge in [-0.2, -0.15) is 0 Å². The van der Waals surface area contributed by atoms with Crippen molar-refractivity contribution in [2.45, 2.75) is 18.8 Å². The highest BCUT2D eigenvalue weighted by molar-refractivity contribution is 6.10. The van der Waals surface area contributed by atoms with Crippen molar-refractivity contribution in [2.24, 2.45) is 5.41 Å². The highest BCUT2D eigenvalue weighted by Crippen LogP contribution is 2.63. The lowest BCUT2D eigenvalue weighted by Crippen LogP contribution is -2.44. The summed E-state index contributed by atoms with van der Waals surface area (Å²) in [4.78, 5) is 2.40. The van der Waals surface area contributed by atoms with E-state index in [2.05, 4.69) is 218 Å². The van der Waals surface area contributed by atoms with Crippen molar-refractivity contribution in [3.8, 4) is 33.4 Å². The molecular formula is C62H43NO2. The molecule has 0 bridgehead atoms. The van der Waals surface area contributed by atoms with Crippen LogP contribution in [0, 0.1) is 5.41 Å². The molecule has 1 unspecified atom stereocenters. The fourth-order valence-electron chi connectivity index (χ4n) is 11.3. The van der Waals surface area contributed by atoms with Gasteiger partial charge in [-0.15, -0.1) is 0 Å². The van der Waals surface area contributed by atoms with Gasteiger partial charge in [-0.3, -0.25) is 0 Å². The summed E-state index contributed by atoms with van der Waals surface area (Å²) in [5.41, 5.74) is 17.2. The number of hydrogen-bond donors (Lipinski definition) is 0. The predicted molar refractivity (Wildman–Crippen MR) is 269 cm³/mol. The molecule has 13 rings (SSSR count). The Bertz CT molecular complexity index is 3500. The van der Waals surface area contributed by atoms with E-state index in [4.69, 9.17) is 8.83 Å². The molecule has 65 heavy (non-hydrogen) atoms. The Morgan fingerprint density at radius 2 is 0.862 bits per heavy atom. The number of fused-ring (bicyclic) bond motifs is 9. The first-order valence-electron chi connectivity index (χ1n) is 22.5. The molecule has 0 saturated carbocycles. The first-order chi connectivity index (χ1) is 32.1. The van der Waals surface area contributed by atoms with Crippen LogP contribution in [0.2, 0.25) is 0 Å². The number of para-hydroxylation sites is 4. The van der Waals surface area contributed by atoms with Crippen LogP contribution in [-0.4, -0.2) is 0 Å². The second kappa shape index (κ2) is 14.5. The average molecular weight is 834 g/mol. The maximum Gasteiger partial charge on any atom is 0.143 e. The summed E-state index contributed by atoms with van der Waals surface area (Å²) in [6, 6.07) is 76.6. The topological polar surface area (TPSA) is 29.5 Å². The first-order valence-corrected chi connectivity index (χ1v) is 22.5. The van der Waals surface area contributed by atoms with Gasteiger partial charge in [-0.05, 0) is 87.8 Å². The minimum absolute atomic E-state index is 0.295. The quantitative estimate of drug-likeness (QED) is 0.160. The molecule has 0 saturated heterocycles. The largest absolute Gasteiger partial charge is 0.455 e. The number of rotatable bonds is 7. The lowest BCUT2D eigenvalue weighted by atomic mass is 9.54. The molecule has 0 spiro atoms. The predicted octanol–water partition coefficient (Wildman–Crippen LogP) is 16.8. The Balaban J connectivity index is 0.932. The molecule has 2 heterocycles. The second-order valence-electron chi connectivity index (χ2n) is 17.8. The van der Waals surface area contributed by atoms with Crippen LogP contribution in [0.15, 0.2) is 245 Å². The third kappa shape index (κ3) is 5.55. The molecule has 9 aromatic carbocycles. The Kier molecular flexibility index (Phi) is 8.32. The van der Waals surface area contributed by atoms with Gasteiger partial charge < -0.3 is 13.7 Å². The van der Waals surface area contributed by atoms with E-state index in [1.54, 1.807) is 0 Å². The van der Waals surface area contributed by atoms with E-state index >= 15 is 0 Å². The van der Waals surface area contributed by atoms with Crippen molar-refractivity contribution in [3.05, 3.63) is 253 Å². The molecule has 3 heteroatoms. The van der Waals surface area contributed by atoms with Gasteiger partial charge in [0.25, 0.3) is 0 Å². The molecule has 2 aliphatic carbocycles. The van der Waals surface area contributed by atoms with Crippen LogP contribution < -0.4 is 4.90 Å². The molecule has 2 aromatic heterocycles. The van der Waals surface area contributed by atoms with E-state index in [0.29, 0.717) is 0 Å².